The first-order chi connectivity index (χ1) is 9.86. The highest BCUT2D eigenvalue weighted by atomic mass is 32.2. The number of nitrogens with one attached hydrogen (secondary N) is 1. The zero-order valence-electron chi connectivity index (χ0n) is 11.2. The molecule has 0 saturated carbocycles. The van der Waals surface area contributed by atoms with Crippen LogP contribution in [0, 0.1) is 0 Å². The molecule has 116 valence electrons. The van der Waals surface area contributed by atoms with Gasteiger partial charge in [-0.1, -0.05) is 6.07 Å². The van der Waals surface area contributed by atoms with E-state index in [4.69, 9.17) is 9.84 Å². The number of esters is 1. The predicted molar refractivity (Wildman–Crippen MR) is 71.4 cm³/mol. The minimum atomic E-state index is -3.81. The van der Waals surface area contributed by atoms with Crippen molar-refractivity contribution in [3.8, 4) is 0 Å². The van der Waals surface area contributed by atoms with Gasteiger partial charge in [0, 0.05) is 6.54 Å². The second-order valence-corrected chi connectivity index (χ2v) is 5.63. The van der Waals surface area contributed by atoms with Crippen LogP contribution in [-0.2, 0) is 24.3 Å². The van der Waals surface area contributed by atoms with Gasteiger partial charge in [-0.2, -0.15) is 0 Å². The van der Waals surface area contributed by atoms with Crippen LogP contribution >= 0.6 is 0 Å². The number of hydrogen-bond acceptors (Lipinski definition) is 6. The maximum Gasteiger partial charge on any atom is 0.337 e. The van der Waals surface area contributed by atoms with Crippen molar-refractivity contribution in [3.05, 3.63) is 29.8 Å². The third-order valence-electron chi connectivity index (χ3n) is 2.33. The van der Waals surface area contributed by atoms with Gasteiger partial charge in [0.25, 0.3) is 0 Å². The molecule has 0 radical (unpaired) electrons. The fourth-order valence-corrected chi connectivity index (χ4v) is 2.46. The van der Waals surface area contributed by atoms with Crippen molar-refractivity contribution in [2.45, 2.75) is 4.90 Å². The summed E-state index contributed by atoms with van der Waals surface area (Å²) >= 11 is 0. The first-order valence-electron chi connectivity index (χ1n) is 5.84. The zero-order valence-corrected chi connectivity index (χ0v) is 12.1. The van der Waals surface area contributed by atoms with Crippen molar-refractivity contribution in [3.63, 3.8) is 0 Å². The number of methoxy groups -OCH3 is 1. The second kappa shape index (κ2) is 7.72. The third kappa shape index (κ3) is 5.50. The molecule has 8 nitrogen and oxygen atoms in total. The van der Waals surface area contributed by atoms with E-state index in [2.05, 4.69) is 9.46 Å². The van der Waals surface area contributed by atoms with E-state index in [0.717, 1.165) is 0 Å². The van der Waals surface area contributed by atoms with E-state index >= 15 is 0 Å². The van der Waals surface area contributed by atoms with E-state index in [1.807, 2.05) is 0 Å². The summed E-state index contributed by atoms with van der Waals surface area (Å²) in [6, 6.07) is 5.36. The molecule has 0 heterocycles. The number of ether oxygens (including phenoxy) is 2. The van der Waals surface area contributed by atoms with Gasteiger partial charge in [-0.15, -0.1) is 0 Å². The van der Waals surface area contributed by atoms with Crippen LogP contribution in [0.2, 0.25) is 0 Å². The molecule has 0 aliphatic heterocycles. The molecule has 0 fully saturated rings. The summed E-state index contributed by atoms with van der Waals surface area (Å²) in [5, 5.41) is 8.35. The van der Waals surface area contributed by atoms with Crippen LogP contribution in [0.1, 0.15) is 10.4 Å². The molecule has 0 aliphatic rings. The topological polar surface area (TPSA) is 119 Å². The standard InChI is InChI=1S/C12H15NO7S/c1-19-12(16)9-3-2-4-10(7-9)21(17,18)13-5-6-20-8-11(14)15/h2-4,7,13H,5-6,8H2,1H3,(H,14,15). The van der Waals surface area contributed by atoms with E-state index in [9.17, 15) is 18.0 Å². The monoisotopic (exact) mass is 317 g/mol. The average Bonchev–Trinajstić information content (AvgIpc) is 2.45. The molecular weight excluding hydrogens is 302 g/mol. The van der Waals surface area contributed by atoms with Gasteiger partial charge in [-0.3, -0.25) is 0 Å². The Morgan fingerprint density at radius 2 is 2.05 bits per heavy atom. The lowest BCUT2D eigenvalue weighted by molar-refractivity contribution is -0.142. The van der Waals surface area contributed by atoms with E-state index in [1.54, 1.807) is 0 Å². The predicted octanol–water partition coefficient (Wildman–Crippen LogP) is -0.147. The van der Waals surface area contributed by atoms with Crippen LogP contribution in [0.15, 0.2) is 29.2 Å². The lowest BCUT2D eigenvalue weighted by atomic mass is 10.2. The Hall–Kier alpha value is -1.97. The maximum absolute atomic E-state index is 12.0. The summed E-state index contributed by atoms with van der Waals surface area (Å²) < 4.78 is 35.4. The lowest BCUT2D eigenvalue weighted by Gasteiger charge is -2.08. The Kier molecular flexibility index (Phi) is 6.28. The van der Waals surface area contributed by atoms with Crippen LogP contribution in [0.3, 0.4) is 0 Å². The second-order valence-electron chi connectivity index (χ2n) is 3.86. The molecule has 0 bridgehead atoms. The Morgan fingerprint density at radius 3 is 2.67 bits per heavy atom. The highest BCUT2D eigenvalue weighted by molar-refractivity contribution is 7.89. The summed E-state index contributed by atoms with van der Waals surface area (Å²) in [5.41, 5.74) is 0.113. The zero-order chi connectivity index (χ0) is 15.9. The normalized spacial score (nSPS) is 11.1. The molecule has 0 aromatic heterocycles. The molecule has 9 heteroatoms. The minimum Gasteiger partial charge on any atom is -0.480 e. The number of carbonyl (C=O) groups excluding carboxylic acids is 1. The Bertz CT molecular complexity index is 612. The van der Waals surface area contributed by atoms with Crippen LogP contribution < -0.4 is 4.72 Å². The van der Waals surface area contributed by atoms with Gasteiger partial charge < -0.3 is 14.6 Å². The SMILES string of the molecule is COC(=O)c1cccc(S(=O)(=O)NCCOCC(=O)O)c1. The number of benzene rings is 1. The molecule has 1 rings (SSSR count). The van der Waals surface area contributed by atoms with Crippen molar-refractivity contribution < 1.29 is 32.6 Å². The molecule has 0 spiro atoms. The fraction of sp³-hybridized carbons (Fsp3) is 0.333. The van der Waals surface area contributed by atoms with Crippen molar-refractivity contribution >= 4 is 22.0 Å². The third-order valence-corrected chi connectivity index (χ3v) is 3.79. The number of aliphatic carboxylic acids is 1. The molecular formula is C12H15NO7S. The van der Waals surface area contributed by atoms with E-state index < -0.39 is 28.6 Å². The Morgan fingerprint density at radius 1 is 1.33 bits per heavy atom. The molecule has 2 N–H and O–H groups in total. The number of hydrogen-bond donors (Lipinski definition) is 2. The number of carboxylic acid groups (broad SMARTS) is 1. The van der Waals surface area contributed by atoms with Gasteiger partial charge in [0.1, 0.15) is 6.61 Å². The highest BCUT2D eigenvalue weighted by Gasteiger charge is 2.16. The maximum atomic E-state index is 12.0. The summed E-state index contributed by atoms with van der Waals surface area (Å²) in [4.78, 5) is 21.5. The molecule has 0 saturated heterocycles. The molecule has 0 amide bonds. The van der Waals surface area contributed by atoms with Crippen molar-refractivity contribution in [2.75, 3.05) is 26.9 Å². The van der Waals surface area contributed by atoms with Crippen LogP contribution in [-0.4, -0.2) is 52.3 Å². The molecule has 1 aromatic carbocycles. The number of carbonyl (C=O) groups is 2. The Labute approximate surface area is 121 Å². The van der Waals surface area contributed by atoms with Crippen LogP contribution in [0.25, 0.3) is 0 Å². The summed E-state index contributed by atoms with van der Waals surface area (Å²) in [5.74, 6) is -1.78. The first kappa shape index (κ1) is 17.1. The highest BCUT2D eigenvalue weighted by Crippen LogP contribution is 2.12. The first-order valence-corrected chi connectivity index (χ1v) is 7.32. The van der Waals surface area contributed by atoms with Crippen LogP contribution in [0.4, 0.5) is 0 Å². The van der Waals surface area contributed by atoms with Gasteiger partial charge in [0.05, 0.1) is 24.2 Å². The van der Waals surface area contributed by atoms with Gasteiger partial charge in [-0.25, -0.2) is 22.7 Å². The van der Waals surface area contributed by atoms with E-state index in [-0.39, 0.29) is 23.6 Å². The molecule has 0 aliphatic carbocycles. The van der Waals surface area contributed by atoms with E-state index in [0.29, 0.717) is 0 Å². The summed E-state index contributed by atoms with van der Waals surface area (Å²) in [7, 11) is -2.61. The lowest BCUT2D eigenvalue weighted by Crippen LogP contribution is -2.28. The fourth-order valence-electron chi connectivity index (χ4n) is 1.40. The smallest absolute Gasteiger partial charge is 0.337 e. The number of sulfonamides is 1. The number of rotatable bonds is 8. The average molecular weight is 317 g/mol. The quantitative estimate of drug-likeness (QED) is 0.505. The van der Waals surface area contributed by atoms with Gasteiger partial charge in [-0.05, 0) is 18.2 Å². The molecule has 21 heavy (non-hydrogen) atoms. The van der Waals surface area contributed by atoms with E-state index in [1.165, 1.54) is 31.4 Å². The summed E-state index contributed by atoms with van der Waals surface area (Å²) in [6.07, 6.45) is 0. The van der Waals surface area contributed by atoms with Gasteiger partial charge in [0.2, 0.25) is 10.0 Å². The minimum absolute atomic E-state index is 0.0811. The van der Waals surface area contributed by atoms with Gasteiger partial charge in [0.15, 0.2) is 0 Å². The Balaban J connectivity index is 2.66. The van der Waals surface area contributed by atoms with Crippen molar-refractivity contribution in [1.82, 2.24) is 4.72 Å². The van der Waals surface area contributed by atoms with Crippen LogP contribution in [0.5, 0.6) is 0 Å². The number of carboxylic acids is 1. The molecule has 0 atom stereocenters. The molecule has 1 aromatic rings. The van der Waals surface area contributed by atoms with Crippen molar-refractivity contribution in [2.24, 2.45) is 0 Å². The molecule has 0 unspecified atom stereocenters. The summed E-state index contributed by atoms with van der Waals surface area (Å²) in [6.45, 7) is -0.667. The van der Waals surface area contributed by atoms with Crippen molar-refractivity contribution in [1.29, 1.82) is 0 Å². The van der Waals surface area contributed by atoms with Gasteiger partial charge >= 0.3 is 11.9 Å². The largest absolute Gasteiger partial charge is 0.480 e.